The third-order valence-corrected chi connectivity index (χ3v) is 3.08. The minimum Gasteiger partial charge on any atom is -0.348 e. The van der Waals surface area contributed by atoms with Crippen LogP contribution in [0.25, 0.3) is 10.9 Å². The molecule has 1 aliphatic heterocycles. The van der Waals surface area contributed by atoms with Crippen molar-refractivity contribution in [2.24, 2.45) is 0 Å². The van der Waals surface area contributed by atoms with Crippen LogP contribution in [0.15, 0.2) is 24.3 Å². The molecule has 16 heavy (non-hydrogen) atoms. The number of nitrogens with zero attached hydrogens (tertiary/aromatic N) is 1. The Labute approximate surface area is 92.0 Å². The lowest BCUT2D eigenvalue weighted by Crippen LogP contribution is -2.08. The van der Waals surface area contributed by atoms with Crippen molar-refractivity contribution in [3.05, 3.63) is 30.0 Å². The lowest BCUT2D eigenvalue weighted by atomic mass is 10.1. The summed E-state index contributed by atoms with van der Waals surface area (Å²) in [5, 5.41) is 0.629. The van der Waals surface area contributed by atoms with Crippen molar-refractivity contribution < 1.29 is 16.8 Å². The van der Waals surface area contributed by atoms with Crippen molar-refractivity contribution >= 4 is 21.3 Å². The highest BCUT2D eigenvalue weighted by atomic mass is 32.3. The highest BCUT2D eigenvalue weighted by molar-refractivity contribution is 7.82. The van der Waals surface area contributed by atoms with Gasteiger partial charge in [-0.15, -0.1) is 8.42 Å². The Hall–Kier alpha value is -1.82. The molecule has 2 aromatic rings. The summed E-state index contributed by atoms with van der Waals surface area (Å²) in [5.74, 6) is 0.404. The Kier molecular flexibility index (Phi) is 1.68. The Morgan fingerprint density at radius 3 is 2.62 bits per heavy atom. The average molecular weight is 237 g/mol. The maximum Gasteiger partial charge on any atom is 0.501 e. The van der Waals surface area contributed by atoms with E-state index in [0.717, 1.165) is 0 Å². The Morgan fingerprint density at radius 1 is 1.12 bits per heavy atom. The van der Waals surface area contributed by atoms with Crippen molar-refractivity contribution in [2.45, 2.75) is 6.92 Å². The van der Waals surface area contributed by atoms with Crippen molar-refractivity contribution in [3.63, 3.8) is 0 Å². The summed E-state index contributed by atoms with van der Waals surface area (Å²) in [6.07, 6.45) is 0. The number of rotatable bonds is 0. The molecular weight excluding hydrogens is 230 g/mol. The zero-order valence-electron chi connectivity index (χ0n) is 8.30. The van der Waals surface area contributed by atoms with E-state index in [1.54, 1.807) is 25.1 Å². The molecule has 0 saturated heterocycles. The van der Waals surface area contributed by atoms with Gasteiger partial charge in [0.2, 0.25) is 11.5 Å². The van der Waals surface area contributed by atoms with Crippen LogP contribution in [0, 0.1) is 6.92 Å². The normalized spacial score (nSPS) is 16.6. The second kappa shape index (κ2) is 2.85. The van der Waals surface area contributed by atoms with E-state index >= 15 is 0 Å². The molecule has 0 unspecified atom stereocenters. The van der Waals surface area contributed by atoms with Crippen LogP contribution in [0.2, 0.25) is 0 Å². The molecular formula is C10H7NO4S. The lowest BCUT2D eigenvalue weighted by molar-refractivity contribution is 0.436. The molecule has 0 N–H and O–H groups in total. The fourth-order valence-corrected chi connectivity index (χ4v) is 2.49. The molecule has 0 saturated carbocycles. The zero-order valence-corrected chi connectivity index (χ0v) is 9.11. The first kappa shape index (κ1) is 9.41. The van der Waals surface area contributed by atoms with Gasteiger partial charge in [-0.2, -0.15) is 0 Å². The van der Waals surface area contributed by atoms with E-state index in [0.29, 0.717) is 16.6 Å². The van der Waals surface area contributed by atoms with E-state index in [4.69, 9.17) is 8.37 Å². The zero-order chi connectivity index (χ0) is 11.3. The first-order chi connectivity index (χ1) is 7.57. The number of hydrogen-bond donors (Lipinski definition) is 0. The summed E-state index contributed by atoms with van der Waals surface area (Å²) in [6, 6.07) is 7.14. The number of hydrogen-bond acceptors (Lipinski definition) is 5. The van der Waals surface area contributed by atoms with Crippen LogP contribution in [0.5, 0.6) is 11.5 Å². The van der Waals surface area contributed by atoms with Crippen molar-refractivity contribution in [2.75, 3.05) is 0 Å². The van der Waals surface area contributed by atoms with Gasteiger partial charge >= 0.3 is 10.4 Å². The topological polar surface area (TPSA) is 65.5 Å². The van der Waals surface area contributed by atoms with Crippen LogP contribution < -0.4 is 8.37 Å². The molecule has 1 aliphatic rings. The van der Waals surface area contributed by atoms with Crippen LogP contribution in [0.4, 0.5) is 0 Å². The van der Waals surface area contributed by atoms with Gasteiger partial charge in [0.1, 0.15) is 0 Å². The first-order valence-corrected chi connectivity index (χ1v) is 5.93. The Bertz CT molecular complexity index is 693. The number of pyridine rings is 1. The van der Waals surface area contributed by atoms with E-state index in [1.165, 1.54) is 0 Å². The highest BCUT2D eigenvalue weighted by Crippen LogP contribution is 2.42. The molecule has 3 rings (SSSR count). The van der Waals surface area contributed by atoms with Crippen molar-refractivity contribution in [1.29, 1.82) is 0 Å². The smallest absolute Gasteiger partial charge is 0.348 e. The third kappa shape index (κ3) is 1.23. The van der Waals surface area contributed by atoms with Gasteiger partial charge in [0.25, 0.3) is 0 Å². The number of aromatic nitrogens is 1. The van der Waals surface area contributed by atoms with Crippen molar-refractivity contribution in [1.82, 2.24) is 4.98 Å². The number of para-hydroxylation sites is 1. The third-order valence-electron chi connectivity index (χ3n) is 2.34. The molecule has 0 spiro atoms. The average Bonchev–Trinajstić information content (AvgIpc) is 2.55. The molecule has 0 radical (unpaired) electrons. The van der Waals surface area contributed by atoms with Gasteiger partial charge in [0, 0.05) is 5.39 Å². The van der Waals surface area contributed by atoms with Crippen LogP contribution in [-0.2, 0) is 10.4 Å². The van der Waals surface area contributed by atoms with Gasteiger partial charge in [0.05, 0.1) is 11.2 Å². The maximum atomic E-state index is 11.2. The molecule has 0 aliphatic carbocycles. The molecule has 5 nitrogen and oxygen atoms in total. The maximum absolute atomic E-state index is 11.2. The van der Waals surface area contributed by atoms with Gasteiger partial charge < -0.3 is 8.37 Å². The Morgan fingerprint density at radius 2 is 1.81 bits per heavy atom. The van der Waals surface area contributed by atoms with Gasteiger partial charge in [-0.1, -0.05) is 12.1 Å². The molecule has 2 heterocycles. The summed E-state index contributed by atoms with van der Waals surface area (Å²) in [5.41, 5.74) is 1.18. The fraction of sp³-hybridized carbons (Fsp3) is 0.100. The van der Waals surface area contributed by atoms with Gasteiger partial charge in [-0.25, -0.2) is 4.98 Å². The molecule has 0 bridgehead atoms. The molecule has 82 valence electrons. The van der Waals surface area contributed by atoms with Crippen LogP contribution in [0.1, 0.15) is 5.69 Å². The standard InChI is InChI=1S/C10H7NO4S/c1-6-9-10(15-16(12,13)14-9)7-4-2-3-5-8(7)11-6/h2-5H,1H3. The first-order valence-electron chi connectivity index (χ1n) is 4.60. The quantitative estimate of drug-likeness (QED) is 0.695. The molecule has 0 fully saturated rings. The summed E-state index contributed by atoms with van der Waals surface area (Å²) < 4.78 is 31.9. The van der Waals surface area contributed by atoms with Crippen LogP contribution in [-0.4, -0.2) is 13.4 Å². The van der Waals surface area contributed by atoms with Crippen molar-refractivity contribution in [3.8, 4) is 11.5 Å². The molecule has 0 atom stereocenters. The SMILES string of the molecule is Cc1nc2ccccc2c2c1OS(=O)(=O)O2. The summed E-state index contributed by atoms with van der Waals surface area (Å²) in [4.78, 5) is 4.24. The van der Waals surface area contributed by atoms with Gasteiger partial charge in [-0.05, 0) is 19.1 Å². The van der Waals surface area contributed by atoms with Crippen LogP contribution >= 0.6 is 0 Å². The molecule has 1 aromatic carbocycles. The predicted octanol–water partition coefficient (Wildman–Crippen LogP) is 1.56. The summed E-state index contributed by atoms with van der Waals surface area (Å²) >= 11 is 0. The summed E-state index contributed by atoms with van der Waals surface area (Å²) in [7, 11) is -3.96. The molecule has 1 aromatic heterocycles. The Balaban J connectivity index is 2.44. The number of benzene rings is 1. The minimum atomic E-state index is -3.96. The molecule has 0 amide bonds. The highest BCUT2D eigenvalue weighted by Gasteiger charge is 2.32. The van der Waals surface area contributed by atoms with E-state index < -0.39 is 10.4 Å². The van der Waals surface area contributed by atoms with E-state index in [1.807, 2.05) is 6.07 Å². The number of aryl methyl sites for hydroxylation is 1. The van der Waals surface area contributed by atoms with E-state index in [9.17, 15) is 8.42 Å². The lowest BCUT2D eigenvalue weighted by Gasteiger charge is -2.02. The van der Waals surface area contributed by atoms with E-state index in [-0.39, 0.29) is 11.5 Å². The largest absolute Gasteiger partial charge is 0.501 e. The van der Waals surface area contributed by atoms with Gasteiger partial charge in [0.15, 0.2) is 0 Å². The minimum absolute atomic E-state index is 0.179. The fourth-order valence-electron chi connectivity index (χ4n) is 1.68. The van der Waals surface area contributed by atoms with Gasteiger partial charge in [-0.3, -0.25) is 0 Å². The molecule has 6 heteroatoms. The second-order valence-corrected chi connectivity index (χ2v) is 4.60. The number of fused-ring (bicyclic) bond motifs is 3. The predicted molar refractivity (Wildman–Crippen MR) is 56.7 cm³/mol. The monoisotopic (exact) mass is 237 g/mol. The second-order valence-electron chi connectivity index (χ2n) is 3.45. The van der Waals surface area contributed by atoms with E-state index in [2.05, 4.69) is 4.98 Å². The summed E-state index contributed by atoms with van der Waals surface area (Å²) in [6.45, 7) is 1.68. The van der Waals surface area contributed by atoms with Crippen LogP contribution in [0.3, 0.4) is 0 Å².